The van der Waals surface area contributed by atoms with E-state index in [1.807, 2.05) is 78.9 Å². The molecule has 0 radical (unpaired) electrons. The van der Waals surface area contributed by atoms with E-state index in [1.54, 1.807) is 0 Å². The molecule has 0 amide bonds. The first-order valence-electron chi connectivity index (χ1n) is 8.97. The molecule has 0 aliphatic heterocycles. The summed E-state index contributed by atoms with van der Waals surface area (Å²) in [5.41, 5.74) is 3.80. The quantitative estimate of drug-likeness (QED) is 0.519. The van der Waals surface area contributed by atoms with E-state index in [4.69, 9.17) is 0 Å². The van der Waals surface area contributed by atoms with Crippen LogP contribution in [0.4, 0.5) is 0 Å². The number of aryl methyl sites for hydroxylation is 2. The van der Waals surface area contributed by atoms with Crippen LogP contribution in [0.1, 0.15) is 44.7 Å². The molecule has 0 saturated heterocycles. The van der Waals surface area contributed by atoms with Crippen LogP contribution in [0.5, 0.6) is 0 Å². The number of carbonyl (C=O) groups excluding carboxylic acids is 2. The molecular weight excluding hydrogens is 320 g/mol. The molecule has 0 saturated carbocycles. The fraction of sp³-hybridized carbons (Fsp3) is 0.167. The Labute approximate surface area is 154 Å². The highest BCUT2D eigenvalue weighted by Gasteiger charge is 2.08. The SMILES string of the molecule is O=C(CCc1cccc(CCC(=O)c2ccccc2)c1)c1ccccc1. The number of Topliss-reactive ketones (excluding diaryl/α,β-unsaturated/α-hetero) is 2. The lowest BCUT2D eigenvalue weighted by Crippen LogP contribution is -2.02. The number of ketones is 2. The zero-order valence-electron chi connectivity index (χ0n) is 14.7. The Balaban J connectivity index is 1.55. The van der Waals surface area contributed by atoms with E-state index in [-0.39, 0.29) is 11.6 Å². The van der Waals surface area contributed by atoms with Gasteiger partial charge in [-0.1, -0.05) is 84.9 Å². The van der Waals surface area contributed by atoms with Crippen molar-refractivity contribution in [2.24, 2.45) is 0 Å². The zero-order chi connectivity index (χ0) is 18.2. The molecule has 0 spiro atoms. The normalized spacial score (nSPS) is 10.5. The number of hydrogen-bond acceptors (Lipinski definition) is 2. The number of hydrogen-bond donors (Lipinski definition) is 0. The largest absolute Gasteiger partial charge is 0.294 e. The van der Waals surface area contributed by atoms with Gasteiger partial charge in [-0.25, -0.2) is 0 Å². The third kappa shape index (κ3) is 5.00. The van der Waals surface area contributed by atoms with Gasteiger partial charge in [0.2, 0.25) is 0 Å². The lowest BCUT2D eigenvalue weighted by molar-refractivity contribution is 0.0975. The first-order valence-corrected chi connectivity index (χ1v) is 8.97. The molecule has 0 heterocycles. The molecule has 130 valence electrons. The van der Waals surface area contributed by atoms with Crippen molar-refractivity contribution in [3.8, 4) is 0 Å². The number of rotatable bonds is 8. The summed E-state index contributed by atoms with van der Waals surface area (Å²) in [5, 5.41) is 0. The second kappa shape index (κ2) is 8.91. The van der Waals surface area contributed by atoms with Crippen molar-refractivity contribution in [1.29, 1.82) is 0 Å². The van der Waals surface area contributed by atoms with Crippen LogP contribution >= 0.6 is 0 Å². The van der Waals surface area contributed by atoms with Gasteiger partial charge in [0.05, 0.1) is 0 Å². The second-order valence-corrected chi connectivity index (χ2v) is 6.40. The van der Waals surface area contributed by atoms with Crippen LogP contribution < -0.4 is 0 Å². The highest BCUT2D eigenvalue weighted by molar-refractivity contribution is 5.96. The Morgan fingerprint density at radius 3 is 1.38 bits per heavy atom. The predicted octanol–water partition coefficient (Wildman–Crippen LogP) is 5.32. The van der Waals surface area contributed by atoms with Crippen molar-refractivity contribution >= 4 is 11.6 Å². The maximum absolute atomic E-state index is 12.2. The highest BCUT2D eigenvalue weighted by Crippen LogP contribution is 2.13. The van der Waals surface area contributed by atoms with Crippen molar-refractivity contribution in [2.45, 2.75) is 25.7 Å². The molecule has 3 aromatic rings. The van der Waals surface area contributed by atoms with E-state index >= 15 is 0 Å². The van der Waals surface area contributed by atoms with Crippen molar-refractivity contribution in [3.05, 3.63) is 107 Å². The summed E-state index contributed by atoms with van der Waals surface area (Å²) in [6, 6.07) is 27.0. The van der Waals surface area contributed by atoms with Gasteiger partial charge in [0.25, 0.3) is 0 Å². The minimum atomic E-state index is 0.162. The molecule has 3 aromatic carbocycles. The molecule has 2 heteroatoms. The van der Waals surface area contributed by atoms with E-state index in [9.17, 15) is 9.59 Å². The van der Waals surface area contributed by atoms with Crippen molar-refractivity contribution in [2.75, 3.05) is 0 Å². The molecule has 0 aromatic heterocycles. The maximum atomic E-state index is 12.2. The van der Waals surface area contributed by atoms with Gasteiger partial charge in [-0.15, -0.1) is 0 Å². The molecule has 0 bridgehead atoms. The molecule has 26 heavy (non-hydrogen) atoms. The topological polar surface area (TPSA) is 34.1 Å². The van der Waals surface area contributed by atoms with E-state index in [2.05, 4.69) is 6.07 Å². The van der Waals surface area contributed by atoms with E-state index in [0.29, 0.717) is 25.7 Å². The number of benzene rings is 3. The van der Waals surface area contributed by atoms with Crippen LogP contribution in [0, 0.1) is 0 Å². The van der Waals surface area contributed by atoms with E-state index < -0.39 is 0 Å². The van der Waals surface area contributed by atoms with Crippen molar-refractivity contribution in [3.63, 3.8) is 0 Å². The molecular formula is C24H22O2. The number of carbonyl (C=O) groups is 2. The Morgan fingerprint density at radius 1 is 0.538 bits per heavy atom. The second-order valence-electron chi connectivity index (χ2n) is 6.40. The summed E-state index contributed by atoms with van der Waals surface area (Å²) in [4.78, 5) is 24.5. The Bertz CT molecular complexity index is 796. The van der Waals surface area contributed by atoms with Crippen LogP contribution in [0.3, 0.4) is 0 Å². The Morgan fingerprint density at radius 2 is 0.962 bits per heavy atom. The van der Waals surface area contributed by atoms with Crippen LogP contribution in [-0.4, -0.2) is 11.6 Å². The average Bonchev–Trinajstić information content (AvgIpc) is 2.72. The average molecular weight is 342 g/mol. The Hall–Kier alpha value is -3.00. The molecule has 0 unspecified atom stereocenters. The van der Waals surface area contributed by atoms with Crippen LogP contribution in [0.2, 0.25) is 0 Å². The predicted molar refractivity (Wildman–Crippen MR) is 105 cm³/mol. The molecule has 0 N–H and O–H groups in total. The van der Waals surface area contributed by atoms with Gasteiger partial charge >= 0.3 is 0 Å². The monoisotopic (exact) mass is 342 g/mol. The third-order valence-electron chi connectivity index (χ3n) is 4.46. The Kier molecular flexibility index (Phi) is 6.10. The smallest absolute Gasteiger partial charge is 0.163 e. The fourth-order valence-electron chi connectivity index (χ4n) is 2.99. The lowest BCUT2D eigenvalue weighted by atomic mass is 9.98. The summed E-state index contributed by atoms with van der Waals surface area (Å²) in [6.07, 6.45) is 2.43. The first-order chi connectivity index (χ1) is 12.7. The zero-order valence-corrected chi connectivity index (χ0v) is 14.7. The van der Waals surface area contributed by atoms with Gasteiger partial charge in [0.15, 0.2) is 11.6 Å². The first kappa shape index (κ1) is 17.8. The van der Waals surface area contributed by atoms with Crippen LogP contribution in [-0.2, 0) is 12.8 Å². The minimum absolute atomic E-state index is 0.162. The van der Waals surface area contributed by atoms with Crippen molar-refractivity contribution in [1.82, 2.24) is 0 Å². The van der Waals surface area contributed by atoms with Crippen molar-refractivity contribution < 1.29 is 9.59 Å². The molecule has 0 fully saturated rings. The summed E-state index contributed by atoms with van der Waals surface area (Å²) >= 11 is 0. The van der Waals surface area contributed by atoms with Gasteiger partial charge in [-0.3, -0.25) is 9.59 Å². The summed E-state index contributed by atoms with van der Waals surface area (Å²) in [7, 11) is 0. The molecule has 0 aliphatic rings. The van der Waals surface area contributed by atoms with Crippen LogP contribution in [0.25, 0.3) is 0 Å². The van der Waals surface area contributed by atoms with E-state index in [1.165, 1.54) is 0 Å². The molecule has 0 aliphatic carbocycles. The van der Waals surface area contributed by atoms with Crippen LogP contribution in [0.15, 0.2) is 84.9 Å². The molecule has 0 atom stereocenters. The van der Waals surface area contributed by atoms with Gasteiger partial charge in [-0.2, -0.15) is 0 Å². The summed E-state index contributed by atoms with van der Waals surface area (Å²) in [5.74, 6) is 0.325. The van der Waals surface area contributed by atoms with Gasteiger partial charge in [0.1, 0.15) is 0 Å². The maximum Gasteiger partial charge on any atom is 0.163 e. The van der Waals surface area contributed by atoms with Gasteiger partial charge < -0.3 is 0 Å². The van der Waals surface area contributed by atoms with Gasteiger partial charge in [0, 0.05) is 24.0 Å². The lowest BCUT2D eigenvalue weighted by Gasteiger charge is -2.06. The van der Waals surface area contributed by atoms with E-state index in [0.717, 1.165) is 22.3 Å². The van der Waals surface area contributed by atoms with Gasteiger partial charge in [-0.05, 0) is 24.0 Å². The molecule has 3 rings (SSSR count). The minimum Gasteiger partial charge on any atom is -0.294 e. The standard InChI is InChI=1S/C24H22O2/c25-23(21-10-3-1-4-11-21)16-14-19-8-7-9-20(18-19)15-17-24(26)22-12-5-2-6-13-22/h1-13,18H,14-17H2. The highest BCUT2D eigenvalue weighted by atomic mass is 16.1. The fourth-order valence-corrected chi connectivity index (χ4v) is 2.99. The summed E-state index contributed by atoms with van der Waals surface area (Å²) in [6.45, 7) is 0. The third-order valence-corrected chi connectivity index (χ3v) is 4.46. The molecule has 2 nitrogen and oxygen atoms in total. The summed E-state index contributed by atoms with van der Waals surface area (Å²) < 4.78 is 0.